The smallest absolute Gasteiger partial charge is 0.219 e. The maximum Gasteiger partial charge on any atom is 0.219 e. The van der Waals surface area contributed by atoms with Gasteiger partial charge in [0.25, 0.3) is 0 Å². The Labute approximate surface area is 198 Å². The molecule has 1 fully saturated rings. The largest absolute Gasteiger partial charge is 0.381 e. The third-order valence-corrected chi connectivity index (χ3v) is 6.83. The Morgan fingerprint density at radius 3 is 2.56 bits per heavy atom. The van der Waals surface area contributed by atoms with Crippen LogP contribution in [0.3, 0.4) is 0 Å². The van der Waals surface area contributed by atoms with Gasteiger partial charge in [-0.25, -0.2) is 4.39 Å². The molecular weight excluding hydrogens is 435 g/mol. The van der Waals surface area contributed by atoms with Crippen molar-refractivity contribution in [3.8, 4) is 11.1 Å². The summed E-state index contributed by atoms with van der Waals surface area (Å²) in [7, 11) is 3.76. The van der Waals surface area contributed by atoms with Gasteiger partial charge in [-0.3, -0.25) is 14.2 Å². The fourth-order valence-corrected chi connectivity index (χ4v) is 4.98. The predicted octanol–water partition coefficient (Wildman–Crippen LogP) is 3.36. The number of aromatic nitrogens is 4. The molecule has 0 unspecified atom stereocenters. The minimum Gasteiger partial charge on any atom is -0.381 e. The molecular formula is C25H31FN6O2. The maximum atomic E-state index is 15.0. The quantitative estimate of drug-likeness (QED) is 0.579. The lowest BCUT2D eigenvalue weighted by Crippen LogP contribution is -2.35. The molecule has 1 aromatic carbocycles. The van der Waals surface area contributed by atoms with E-state index in [2.05, 4.69) is 10.00 Å². The number of halogens is 1. The van der Waals surface area contributed by atoms with E-state index < -0.39 is 0 Å². The van der Waals surface area contributed by atoms with E-state index >= 15 is 0 Å². The fraction of sp³-hybridized carbons (Fsp3) is 0.480. The maximum absolute atomic E-state index is 15.0. The molecule has 3 aliphatic heterocycles. The Balaban J connectivity index is 0.000000429. The number of amides is 1. The lowest BCUT2D eigenvalue weighted by Gasteiger charge is -2.28. The van der Waals surface area contributed by atoms with Gasteiger partial charge in [0.2, 0.25) is 5.91 Å². The van der Waals surface area contributed by atoms with Crippen LogP contribution in [-0.4, -0.2) is 56.7 Å². The zero-order valence-corrected chi connectivity index (χ0v) is 20.1. The number of nitrogens with zero attached hydrogens (tertiary/aromatic N) is 6. The van der Waals surface area contributed by atoms with E-state index in [1.54, 1.807) is 23.9 Å². The highest BCUT2D eigenvalue weighted by Crippen LogP contribution is 2.40. The molecule has 0 bridgehead atoms. The van der Waals surface area contributed by atoms with E-state index in [9.17, 15) is 9.18 Å². The van der Waals surface area contributed by atoms with Crippen molar-refractivity contribution >= 4 is 17.4 Å². The molecule has 180 valence electrons. The first-order valence-electron chi connectivity index (χ1n) is 11.9. The number of carbonyl (C=O) groups is 1. The van der Waals surface area contributed by atoms with Crippen LogP contribution in [0.15, 0.2) is 24.5 Å². The SMILES string of the molecule is C1CCOC1.CC(=O)N1CCc2c(c(N3CCc4cc(-c5cnn(C)c5)c(F)cc43)nn2C)C1. The molecule has 6 rings (SSSR count). The molecule has 0 atom stereocenters. The predicted molar refractivity (Wildman–Crippen MR) is 127 cm³/mol. The summed E-state index contributed by atoms with van der Waals surface area (Å²) in [5.74, 6) is 0.638. The molecule has 0 spiro atoms. The van der Waals surface area contributed by atoms with E-state index in [4.69, 9.17) is 9.84 Å². The number of carbonyl (C=O) groups excluding carboxylic acids is 1. The third-order valence-electron chi connectivity index (χ3n) is 6.83. The van der Waals surface area contributed by atoms with Gasteiger partial charge in [-0.2, -0.15) is 10.2 Å². The average molecular weight is 467 g/mol. The molecule has 0 radical (unpaired) electrons. The molecule has 8 nitrogen and oxygen atoms in total. The molecule has 0 aliphatic carbocycles. The van der Waals surface area contributed by atoms with Crippen molar-refractivity contribution < 1.29 is 13.9 Å². The standard InChI is InChI=1S/C21H23FN6O.C4H8O/c1-13(29)27-6-5-19-17(12-27)21(24-26(19)3)28-7-4-14-8-16(18(22)9-20(14)28)15-10-23-25(2)11-15;1-2-4-5-3-1/h8-11H,4-7,12H2,1-3H3;1-4H2. The van der Waals surface area contributed by atoms with Crippen LogP contribution in [-0.2, 0) is 43.0 Å². The second-order valence-electron chi connectivity index (χ2n) is 9.15. The summed E-state index contributed by atoms with van der Waals surface area (Å²) in [6.45, 7) is 5.60. The summed E-state index contributed by atoms with van der Waals surface area (Å²) in [5.41, 5.74) is 5.53. The summed E-state index contributed by atoms with van der Waals surface area (Å²) < 4.78 is 23.5. The molecule has 1 saturated heterocycles. The third kappa shape index (κ3) is 4.20. The van der Waals surface area contributed by atoms with Gasteiger partial charge in [-0.05, 0) is 37.0 Å². The molecule has 5 heterocycles. The molecule has 3 aliphatic rings. The van der Waals surface area contributed by atoms with Gasteiger partial charge in [0, 0.05) is 88.0 Å². The summed E-state index contributed by atoms with van der Waals surface area (Å²) in [6, 6.07) is 3.54. The van der Waals surface area contributed by atoms with Crippen molar-refractivity contribution in [2.24, 2.45) is 14.1 Å². The highest BCUT2D eigenvalue weighted by Gasteiger charge is 2.32. The topological polar surface area (TPSA) is 68.4 Å². The van der Waals surface area contributed by atoms with Crippen molar-refractivity contribution in [2.75, 3.05) is 31.2 Å². The number of rotatable bonds is 2. The highest BCUT2D eigenvalue weighted by molar-refractivity contribution is 5.77. The van der Waals surface area contributed by atoms with Gasteiger partial charge in [-0.1, -0.05) is 0 Å². The molecule has 0 N–H and O–H groups in total. The van der Waals surface area contributed by atoms with Gasteiger partial charge >= 0.3 is 0 Å². The Bertz CT molecular complexity index is 1200. The van der Waals surface area contributed by atoms with Gasteiger partial charge < -0.3 is 14.5 Å². The lowest BCUT2D eigenvalue weighted by atomic mass is 10.0. The minimum atomic E-state index is -0.265. The molecule has 0 saturated carbocycles. The number of hydrogen-bond donors (Lipinski definition) is 0. The first kappa shape index (κ1) is 22.6. The Kier molecular flexibility index (Phi) is 6.12. The van der Waals surface area contributed by atoms with Crippen molar-refractivity contribution in [1.82, 2.24) is 24.5 Å². The van der Waals surface area contributed by atoms with E-state index in [1.165, 1.54) is 12.8 Å². The summed E-state index contributed by atoms with van der Waals surface area (Å²) >= 11 is 0. The van der Waals surface area contributed by atoms with Crippen molar-refractivity contribution in [2.45, 2.75) is 39.2 Å². The number of anilines is 2. The molecule has 9 heteroatoms. The van der Waals surface area contributed by atoms with Crippen LogP contribution in [0.2, 0.25) is 0 Å². The molecule has 2 aromatic heterocycles. The second kappa shape index (κ2) is 9.21. The highest BCUT2D eigenvalue weighted by atomic mass is 19.1. The number of benzene rings is 1. The summed E-state index contributed by atoms with van der Waals surface area (Å²) in [5, 5.41) is 8.91. The van der Waals surface area contributed by atoms with Gasteiger partial charge in [0.15, 0.2) is 5.82 Å². The zero-order valence-electron chi connectivity index (χ0n) is 20.1. The zero-order chi connectivity index (χ0) is 23.8. The summed E-state index contributed by atoms with van der Waals surface area (Å²) in [4.78, 5) is 15.8. The lowest BCUT2D eigenvalue weighted by molar-refractivity contribution is -0.129. The van der Waals surface area contributed by atoms with Crippen LogP contribution in [0.4, 0.5) is 15.9 Å². The summed E-state index contributed by atoms with van der Waals surface area (Å²) in [6.07, 6.45) is 7.67. The van der Waals surface area contributed by atoms with Crippen LogP contribution in [0.25, 0.3) is 11.1 Å². The van der Waals surface area contributed by atoms with Crippen LogP contribution in [0, 0.1) is 5.82 Å². The minimum absolute atomic E-state index is 0.0689. The first-order chi connectivity index (χ1) is 16.4. The number of hydrogen-bond acceptors (Lipinski definition) is 5. The van der Waals surface area contributed by atoms with Crippen molar-refractivity contribution in [3.05, 3.63) is 47.2 Å². The number of ether oxygens (including phenoxy) is 1. The van der Waals surface area contributed by atoms with Crippen molar-refractivity contribution in [1.29, 1.82) is 0 Å². The fourth-order valence-electron chi connectivity index (χ4n) is 4.98. The van der Waals surface area contributed by atoms with Gasteiger partial charge in [0.1, 0.15) is 5.82 Å². The number of aryl methyl sites for hydroxylation is 2. The van der Waals surface area contributed by atoms with Gasteiger partial charge in [-0.15, -0.1) is 0 Å². The molecule has 1 amide bonds. The van der Waals surface area contributed by atoms with E-state index in [0.29, 0.717) is 18.7 Å². The Morgan fingerprint density at radius 2 is 1.91 bits per heavy atom. The monoisotopic (exact) mass is 466 g/mol. The van der Waals surface area contributed by atoms with Crippen LogP contribution in [0.5, 0.6) is 0 Å². The number of fused-ring (bicyclic) bond motifs is 2. The Hall–Kier alpha value is -3.20. The van der Waals surface area contributed by atoms with E-state index in [-0.39, 0.29) is 11.7 Å². The Morgan fingerprint density at radius 1 is 1.12 bits per heavy atom. The average Bonchev–Trinajstić information content (AvgIpc) is 3.61. The first-order valence-corrected chi connectivity index (χ1v) is 11.9. The normalized spacial score (nSPS) is 16.8. The van der Waals surface area contributed by atoms with Crippen LogP contribution >= 0.6 is 0 Å². The van der Waals surface area contributed by atoms with E-state index in [0.717, 1.165) is 66.5 Å². The second-order valence-corrected chi connectivity index (χ2v) is 9.15. The van der Waals surface area contributed by atoms with E-state index in [1.807, 2.05) is 35.9 Å². The van der Waals surface area contributed by atoms with Crippen LogP contribution < -0.4 is 4.90 Å². The van der Waals surface area contributed by atoms with Crippen molar-refractivity contribution in [3.63, 3.8) is 0 Å². The molecule has 34 heavy (non-hydrogen) atoms. The molecule has 3 aromatic rings. The van der Waals surface area contributed by atoms with Gasteiger partial charge in [0.05, 0.1) is 12.7 Å². The van der Waals surface area contributed by atoms with Crippen LogP contribution in [0.1, 0.15) is 36.6 Å².